The molecule has 3 rings (SSSR count). The molecule has 0 aliphatic carbocycles. The van der Waals surface area contributed by atoms with E-state index in [4.69, 9.17) is 9.47 Å². The summed E-state index contributed by atoms with van der Waals surface area (Å²) in [7, 11) is 1.65. The highest BCUT2D eigenvalue weighted by Crippen LogP contribution is 2.32. The zero-order valence-corrected chi connectivity index (χ0v) is 17.4. The molecule has 0 N–H and O–H groups in total. The first-order valence-corrected chi connectivity index (χ1v) is 9.99. The molecule has 0 fully saturated rings. The highest BCUT2D eigenvalue weighted by atomic mass is 16.5. The van der Waals surface area contributed by atoms with Gasteiger partial charge in [-0.25, -0.2) is 0 Å². The highest BCUT2D eigenvalue weighted by molar-refractivity contribution is 5.87. The fourth-order valence-electron chi connectivity index (χ4n) is 3.52. The summed E-state index contributed by atoms with van der Waals surface area (Å²) in [5.74, 6) is 2.64. The van der Waals surface area contributed by atoms with Crippen molar-refractivity contribution in [1.29, 1.82) is 0 Å². The summed E-state index contributed by atoms with van der Waals surface area (Å²) in [5.41, 5.74) is 1.75. The van der Waals surface area contributed by atoms with E-state index in [9.17, 15) is 4.79 Å². The van der Waals surface area contributed by atoms with Crippen LogP contribution in [0.2, 0.25) is 0 Å². The minimum Gasteiger partial charge on any atom is -0.497 e. The maximum absolute atomic E-state index is 12.5. The SMILES string of the molecule is COc1ccc(C(C)(CCCc2cccc(Oc3ccccc3)c2)C(C)=O)cc1. The van der Waals surface area contributed by atoms with Crippen molar-refractivity contribution in [2.24, 2.45) is 0 Å². The summed E-state index contributed by atoms with van der Waals surface area (Å²) in [4.78, 5) is 12.5. The Kier molecular flexibility index (Phi) is 6.71. The molecule has 0 aliphatic heterocycles. The first kappa shape index (κ1) is 20.7. The van der Waals surface area contributed by atoms with Crippen LogP contribution in [0.15, 0.2) is 78.9 Å². The lowest BCUT2D eigenvalue weighted by molar-refractivity contribution is -0.122. The number of Topliss-reactive ketones (excluding diaryl/α,β-unsaturated/α-hetero) is 1. The lowest BCUT2D eigenvalue weighted by Gasteiger charge is -2.27. The Hall–Kier alpha value is -3.07. The number of aryl methyl sites for hydroxylation is 1. The number of methoxy groups -OCH3 is 1. The van der Waals surface area contributed by atoms with Crippen molar-refractivity contribution >= 4 is 5.78 Å². The van der Waals surface area contributed by atoms with Crippen LogP contribution in [0.4, 0.5) is 0 Å². The van der Waals surface area contributed by atoms with E-state index in [0.29, 0.717) is 0 Å². The Morgan fingerprint density at radius 3 is 2.21 bits per heavy atom. The van der Waals surface area contributed by atoms with Gasteiger partial charge in [-0.1, -0.05) is 42.5 Å². The van der Waals surface area contributed by atoms with Gasteiger partial charge >= 0.3 is 0 Å². The van der Waals surface area contributed by atoms with Gasteiger partial charge in [0.25, 0.3) is 0 Å². The number of para-hydroxylation sites is 1. The molecular weight excluding hydrogens is 360 g/mol. The summed E-state index contributed by atoms with van der Waals surface area (Å²) in [6.07, 6.45) is 2.60. The lowest BCUT2D eigenvalue weighted by Crippen LogP contribution is -2.30. The van der Waals surface area contributed by atoms with Crippen LogP contribution >= 0.6 is 0 Å². The maximum atomic E-state index is 12.5. The Labute approximate surface area is 173 Å². The van der Waals surface area contributed by atoms with Gasteiger partial charge in [0.1, 0.15) is 23.0 Å². The monoisotopic (exact) mass is 388 g/mol. The van der Waals surface area contributed by atoms with Crippen LogP contribution < -0.4 is 9.47 Å². The fourth-order valence-corrected chi connectivity index (χ4v) is 3.52. The molecule has 1 atom stereocenters. The van der Waals surface area contributed by atoms with E-state index < -0.39 is 5.41 Å². The summed E-state index contributed by atoms with van der Waals surface area (Å²) in [6.45, 7) is 3.71. The van der Waals surface area contributed by atoms with Crippen molar-refractivity contribution in [2.75, 3.05) is 7.11 Å². The zero-order chi connectivity index (χ0) is 20.7. The standard InChI is InChI=1S/C26H28O3/c1-20(27)26(2,22-14-16-23(28-3)17-15-22)18-8-10-21-9-7-13-25(19-21)29-24-11-5-4-6-12-24/h4-7,9,11-17,19H,8,10,18H2,1-3H3. The van der Waals surface area contributed by atoms with Gasteiger partial charge in [0, 0.05) is 0 Å². The van der Waals surface area contributed by atoms with E-state index in [1.807, 2.05) is 73.7 Å². The second-order valence-electron chi connectivity index (χ2n) is 7.53. The number of carbonyl (C=O) groups excluding carboxylic acids is 1. The van der Waals surface area contributed by atoms with Gasteiger partial charge in [-0.05, 0) is 80.6 Å². The van der Waals surface area contributed by atoms with Gasteiger partial charge < -0.3 is 9.47 Å². The average Bonchev–Trinajstić information content (AvgIpc) is 2.74. The molecule has 3 heteroatoms. The molecule has 29 heavy (non-hydrogen) atoms. The molecule has 3 aromatic rings. The van der Waals surface area contributed by atoms with Crippen LogP contribution in [0.25, 0.3) is 0 Å². The van der Waals surface area contributed by atoms with Crippen molar-refractivity contribution in [1.82, 2.24) is 0 Å². The van der Waals surface area contributed by atoms with Gasteiger partial charge in [0.05, 0.1) is 12.5 Å². The number of rotatable bonds is 9. The Balaban J connectivity index is 1.65. The molecule has 0 heterocycles. The van der Waals surface area contributed by atoms with Crippen LogP contribution in [0, 0.1) is 0 Å². The van der Waals surface area contributed by atoms with E-state index in [2.05, 4.69) is 12.1 Å². The zero-order valence-electron chi connectivity index (χ0n) is 17.4. The normalized spacial score (nSPS) is 12.8. The van der Waals surface area contributed by atoms with E-state index in [1.54, 1.807) is 14.0 Å². The van der Waals surface area contributed by atoms with Crippen molar-refractivity contribution in [2.45, 2.75) is 38.5 Å². The van der Waals surface area contributed by atoms with Gasteiger partial charge in [0.15, 0.2) is 0 Å². The molecule has 0 amide bonds. The maximum Gasteiger partial charge on any atom is 0.140 e. The largest absolute Gasteiger partial charge is 0.497 e. The number of hydrogen-bond donors (Lipinski definition) is 0. The molecule has 0 saturated carbocycles. The smallest absolute Gasteiger partial charge is 0.140 e. The van der Waals surface area contributed by atoms with E-state index in [-0.39, 0.29) is 5.78 Å². The number of benzene rings is 3. The minimum atomic E-state index is -0.496. The number of ketones is 1. The van der Waals surface area contributed by atoms with Crippen molar-refractivity contribution in [3.05, 3.63) is 90.0 Å². The number of carbonyl (C=O) groups is 1. The molecule has 0 bridgehead atoms. The molecule has 0 aromatic heterocycles. The van der Waals surface area contributed by atoms with Crippen molar-refractivity contribution < 1.29 is 14.3 Å². The first-order valence-electron chi connectivity index (χ1n) is 9.99. The average molecular weight is 389 g/mol. The van der Waals surface area contributed by atoms with Crippen LogP contribution in [0.3, 0.4) is 0 Å². The Morgan fingerprint density at radius 1 is 0.862 bits per heavy atom. The Bertz CT molecular complexity index is 932. The summed E-state index contributed by atoms with van der Waals surface area (Å²) in [6, 6.07) is 25.8. The Morgan fingerprint density at radius 2 is 1.55 bits per heavy atom. The second-order valence-corrected chi connectivity index (χ2v) is 7.53. The van der Waals surface area contributed by atoms with E-state index in [1.165, 1.54) is 5.56 Å². The topological polar surface area (TPSA) is 35.5 Å². The first-order chi connectivity index (χ1) is 14.0. The van der Waals surface area contributed by atoms with Crippen LogP contribution in [0.1, 0.15) is 37.8 Å². The van der Waals surface area contributed by atoms with E-state index >= 15 is 0 Å². The van der Waals surface area contributed by atoms with Crippen LogP contribution in [0.5, 0.6) is 17.2 Å². The predicted octanol–water partition coefficient (Wildman–Crippen LogP) is 6.36. The molecule has 3 aromatic carbocycles. The van der Waals surface area contributed by atoms with Gasteiger partial charge in [-0.3, -0.25) is 4.79 Å². The van der Waals surface area contributed by atoms with Crippen molar-refractivity contribution in [3.63, 3.8) is 0 Å². The van der Waals surface area contributed by atoms with Gasteiger partial charge in [0.2, 0.25) is 0 Å². The molecule has 3 nitrogen and oxygen atoms in total. The molecule has 0 aliphatic rings. The highest BCUT2D eigenvalue weighted by Gasteiger charge is 2.31. The molecule has 0 spiro atoms. The second kappa shape index (κ2) is 9.42. The molecule has 1 unspecified atom stereocenters. The van der Waals surface area contributed by atoms with Crippen LogP contribution in [-0.4, -0.2) is 12.9 Å². The van der Waals surface area contributed by atoms with Crippen LogP contribution in [-0.2, 0) is 16.6 Å². The van der Waals surface area contributed by atoms with Gasteiger partial charge in [-0.2, -0.15) is 0 Å². The summed E-state index contributed by atoms with van der Waals surface area (Å²) < 4.78 is 11.2. The quantitative estimate of drug-likeness (QED) is 0.428. The van der Waals surface area contributed by atoms with Crippen molar-refractivity contribution in [3.8, 4) is 17.2 Å². The third kappa shape index (κ3) is 5.26. The third-order valence-electron chi connectivity index (χ3n) is 5.52. The molecular formula is C26H28O3. The summed E-state index contributed by atoms with van der Waals surface area (Å²) >= 11 is 0. The third-order valence-corrected chi connectivity index (χ3v) is 5.52. The molecule has 0 saturated heterocycles. The minimum absolute atomic E-state index is 0.184. The molecule has 150 valence electrons. The summed E-state index contributed by atoms with van der Waals surface area (Å²) in [5, 5.41) is 0. The molecule has 0 radical (unpaired) electrons. The number of hydrogen-bond acceptors (Lipinski definition) is 3. The van der Waals surface area contributed by atoms with E-state index in [0.717, 1.165) is 42.1 Å². The fraction of sp³-hybridized carbons (Fsp3) is 0.269. The predicted molar refractivity (Wildman–Crippen MR) is 117 cm³/mol. The number of ether oxygens (including phenoxy) is 2. The van der Waals surface area contributed by atoms with Gasteiger partial charge in [-0.15, -0.1) is 0 Å². The lowest BCUT2D eigenvalue weighted by atomic mass is 9.75.